The van der Waals surface area contributed by atoms with Crippen LogP contribution in [0.15, 0.2) is 42.5 Å². The molecule has 0 saturated carbocycles. The smallest absolute Gasteiger partial charge is 0.126 e. The average molecular weight is 280 g/mol. The quantitative estimate of drug-likeness (QED) is 0.591. The molecule has 0 spiro atoms. The van der Waals surface area contributed by atoms with Gasteiger partial charge in [0, 0.05) is 10.6 Å². The molecule has 3 rings (SSSR count). The number of fused-ring (bicyclic) bond motifs is 1. The van der Waals surface area contributed by atoms with Crippen LogP contribution in [-0.4, -0.2) is 4.98 Å². The van der Waals surface area contributed by atoms with Crippen molar-refractivity contribution in [3.8, 4) is 10.6 Å². The highest BCUT2D eigenvalue weighted by molar-refractivity contribution is 7.21. The lowest BCUT2D eigenvalue weighted by Gasteiger charge is -2.00. The van der Waals surface area contributed by atoms with E-state index in [4.69, 9.17) is 23.2 Å². The number of nitrogens with zero attached hydrogens (tertiary/aromatic N) is 1. The van der Waals surface area contributed by atoms with Crippen LogP contribution in [-0.2, 0) is 0 Å². The van der Waals surface area contributed by atoms with Crippen molar-refractivity contribution in [1.29, 1.82) is 0 Å². The molecule has 84 valence electrons. The molecule has 0 saturated heterocycles. The first kappa shape index (κ1) is 11.0. The molecule has 1 aromatic heterocycles. The molecular weight excluding hydrogens is 273 g/mol. The second-order valence-electron chi connectivity index (χ2n) is 3.61. The lowest BCUT2D eigenvalue weighted by Crippen LogP contribution is -1.78. The van der Waals surface area contributed by atoms with Crippen LogP contribution in [0.4, 0.5) is 0 Å². The summed E-state index contributed by atoms with van der Waals surface area (Å²) in [7, 11) is 0. The molecule has 0 bridgehead atoms. The molecule has 17 heavy (non-hydrogen) atoms. The standard InChI is InChI=1S/C13H7Cl2NS/c14-8-5-6-10(15)9(7-8)13-16-11-3-1-2-4-12(11)17-13/h1-7H. The molecule has 1 nitrogen and oxygen atoms in total. The molecule has 0 fully saturated rings. The summed E-state index contributed by atoms with van der Waals surface area (Å²) in [5.41, 5.74) is 1.88. The fourth-order valence-corrected chi connectivity index (χ4v) is 3.08. The van der Waals surface area contributed by atoms with Crippen LogP contribution in [0.1, 0.15) is 0 Å². The highest BCUT2D eigenvalue weighted by Crippen LogP contribution is 2.35. The van der Waals surface area contributed by atoms with E-state index in [2.05, 4.69) is 11.1 Å². The predicted molar refractivity (Wildman–Crippen MR) is 75.1 cm³/mol. The molecule has 0 atom stereocenters. The predicted octanol–water partition coefficient (Wildman–Crippen LogP) is 5.27. The summed E-state index contributed by atoms with van der Waals surface area (Å²) in [6, 6.07) is 13.5. The van der Waals surface area contributed by atoms with Crippen LogP contribution >= 0.6 is 34.5 Å². The van der Waals surface area contributed by atoms with Crippen molar-refractivity contribution < 1.29 is 0 Å². The molecule has 0 aliphatic carbocycles. The Bertz CT molecular complexity index is 658. The third-order valence-corrected chi connectivity index (χ3v) is 4.09. The van der Waals surface area contributed by atoms with Crippen molar-refractivity contribution in [2.24, 2.45) is 0 Å². The van der Waals surface area contributed by atoms with Crippen LogP contribution in [0.3, 0.4) is 0 Å². The zero-order valence-corrected chi connectivity index (χ0v) is 11.0. The minimum atomic E-state index is 0.670. The van der Waals surface area contributed by atoms with Gasteiger partial charge in [0.2, 0.25) is 0 Å². The van der Waals surface area contributed by atoms with E-state index in [0.717, 1.165) is 20.8 Å². The average Bonchev–Trinajstić information content (AvgIpc) is 2.75. The van der Waals surface area contributed by atoms with Gasteiger partial charge in [-0.05, 0) is 30.3 Å². The molecule has 0 aliphatic heterocycles. The molecule has 2 aromatic carbocycles. The maximum Gasteiger partial charge on any atom is 0.126 e. The van der Waals surface area contributed by atoms with Gasteiger partial charge in [0.05, 0.1) is 15.2 Å². The van der Waals surface area contributed by atoms with Gasteiger partial charge in [-0.2, -0.15) is 0 Å². The zero-order chi connectivity index (χ0) is 11.8. The third kappa shape index (κ3) is 2.04. The molecule has 4 heteroatoms. The van der Waals surface area contributed by atoms with Gasteiger partial charge in [-0.1, -0.05) is 35.3 Å². The number of hydrogen-bond acceptors (Lipinski definition) is 2. The van der Waals surface area contributed by atoms with Crippen LogP contribution in [0.25, 0.3) is 20.8 Å². The number of thiazole rings is 1. The van der Waals surface area contributed by atoms with Gasteiger partial charge in [-0.25, -0.2) is 4.98 Å². The van der Waals surface area contributed by atoms with E-state index >= 15 is 0 Å². The summed E-state index contributed by atoms with van der Waals surface area (Å²) in [4.78, 5) is 4.56. The zero-order valence-electron chi connectivity index (χ0n) is 8.65. The summed E-state index contributed by atoms with van der Waals surface area (Å²) < 4.78 is 1.15. The molecule has 0 amide bonds. The first-order valence-electron chi connectivity index (χ1n) is 5.05. The summed E-state index contributed by atoms with van der Waals surface area (Å²) in [6.07, 6.45) is 0. The van der Waals surface area contributed by atoms with Gasteiger partial charge in [-0.15, -0.1) is 11.3 Å². The lowest BCUT2D eigenvalue weighted by atomic mass is 10.2. The Kier molecular flexibility index (Phi) is 2.79. The Labute approximate surface area is 113 Å². The highest BCUT2D eigenvalue weighted by atomic mass is 35.5. The van der Waals surface area contributed by atoms with Crippen LogP contribution in [0, 0.1) is 0 Å². The maximum atomic E-state index is 6.17. The first-order valence-corrected chi connectivity index (χ1v) is 6.62. The Balaban J connectivity index is 2.23. The molecule has 0 N–H and O–H groups in total. The Morgan fingerprint density at radius 2 is 1.82 bits per heavy atom. The van der Waals surface area contributed by atoms with Crippen molar-refractivity contribution in [3.05, 3.63) is 52.5 Å². The SMILES string of the molecule is Clc1ccc(Cl)c(-c2nc3ccccc3s2)c1. The van der Waals surface area contributed by atoms with E-state index in [1.807, 2.05) is 24.3 Å². The van der Waals surface area contributed by atoms with Gasteiger partial charge >= 0.3 is 0 Å². The number of benzene rings is 2. The van der Waals surface area contributed by atoms with Crippen molar-refractivity contribution in [1.82, 2.24) is 4.98 Å². The van der Waals surface area contributed by atoms with E-state index in [1.54, 1.807) is 23.5 Å². The van der Waals surface area contributed by atoms with Gasteiger partial charge in [0.15, 0.2) is 0 Å². The van der Waals surface area contributed by atoms with Crippen molar-refractivity contribution >= 4 is 44.8 Å². The Morgan fingerprint density at radius 3 is 2.65 bits per heavy atom. The number of aromatic nitrogens is 1. The van der Waals surface area contributed by atoms with E-state index in [1.165, 1.54) is 0 Å². The molecule has 3 aromatic rings. The van der Waals surface area contributed by atoms with Crippen molar-refractivity contribution in [2.75, 3.05) is 0 Å². The second kappa shape index (κ2) is 4.30. The van der Waals surface area contributed by atoms with Crippen LogP contribution < -0.4 is 0 Å². The van der Waals surface area contributed by atoms with Gasteiger partial charge in [0.25, 0.3) is 0 Å². The Hall–Kier alpha value is -1.09. The number of hydrogen-bond donors (Lipinski definition) is 0. The van der Waals surface area contributed by atoms with E-state index in [9.17, 15) is 0 Å². The minimum absolute atomic E-state index is 0.670. The number of rotatable bonds is 1. The summed E-state index contributed by atoms with van der Waals surface area (Å²) >= 11 is 13.8. The lowest BCUT2D eigenvalue weighted by molar-refractivity contribution is 1.48. The van der Waals surface area contributed by atoms with Crippen molar-refractivity contribution in [2.45, 2.75) is 0 Å². The molecule has 0 radical (unpaired) electrons. The summed E-state index contributed by atoms with van der Waals surface area (Å²) in [6.45, 7) is 0. The summed E-state index contributed by atoms with van der Waals surface area (Å²) in [5, 5.41) is 2.25. The fourth-order valence-electron chi connectivity index (χ4n) is 1.65. The highest BCUT2D eigenvalue weighted by Gasteiger charge is 2.09. The first-order chi connectivity index (χ1) is 8.24. The topological polar surface area (TPSA) is 12.9 Å². The van der Waals surface area contributed by atoms with E-state index < -0.39 is 0 Å². The van der Waals surface area contributed by atoms with Gasteiger partial charge in [-0.3, -0.25) is 0 Å². The largest absolute Gasteiger partial charge is 0.236 e. The Morgan fingerprint density at radius 1 is 1.00 bits per heavy atom. The van der Waals surface area contributed by atoms with E-state index in [0.29, 0.717) is 10.0 Å². The van der Waals surface area contributed by atoms with Gasteiger partial charge < -0.3 is 0 Å². The maximum absolute atomic E-state index is 6.17. The third-order valence-electron chi connectivity index (χ3n) is 2.45. The van der Waals surface area contributed by atoms with Crippen molar-refractivity contribution in [3.63, 3.8) is 0 Å². The minimum Gasteiger partial charge on any atom is -0.236 e. The second-order valence-corrected chi connectivity index (χ2v) is 5.49. The van der Waals surface area contributed by atoms with E-state index in [-0.39, 0.29) is 0 Å². The normalized spacial score (nSPS) is 10.9. The van der Waals surface area contributed by atoms with Crippen LogP contribution in [0.5, 0.6) is 0 Å². The number of halogens is 2. The monoisotopic (exact) mass is 279 g/mol. The molecular formula is C13H7Cl2NS. The van der Waals surface area contributed by atoms with Crippen LogP contribution in [0.2, 0.25) is 10.0 Å². The number of para-hydroxylation sites is 1. The molecule has 1 heterocycles. The van der Waals surface area contributed by atoms with Gasteiger partial charge in [0.1, 0.15) is 5.01 Å². The fraction of sp³-hybridized carbons (Fsp3) is 0. The summed E-state index contributed by atoms with van der Waals surface area (Å²) in [5.74, 6) is 0. The molecule has 0 unspecified atom stereocenters. The molecule has 0 aliphatic rings.